The molecule has 0 aromatic heterocycles. The van der Waals surface area contributed by atoms with Crippen molar-refractivity contribution in [3.05, 3.63) is 23.8 Å². The number of benzene rings is 1. The molecule has 1 aliphatic rings. The van der Waals surface area contributed by atoms with Crippen LogP contribution in [0.3, 0.4) is 0 Å². The maximum Gasteiger partial charge on any atom is 0.228 e. The van der Waals surface area contributed by atoms with E-state index in [1.54, 1.807) is 18.2 Å². The molecule has 90 valence electrons. The van der Waals surface area contributed by atoms with Gasteiger partial charge in [0.1, 0.15) is 11.4 Å². The van der Waals surface area contributed by atoms with Gasteiger partial charge in [-0.15, -0.1) is 0 Å². The lowest BCUT2D eigenvalue weighted by atomic mass is 10.1. The van der Waals surface area contributed by atoms with E-state index >= 15 is 0 Å². The number of rotatable bonds is 1. The molecule has 0 saturated carbocycles. The summed E-state index contributed by atoms with van der Waals surface area (Å²) in [5.41, 5.74) is 0.591. The average Bonchev–Trinajstić information content (AvgIpc) is 2.29. The molecule has 4 heteroatoms. The second-order valence-electron chi connectivity index (χ2n) is 4.85. The lowest BCUT2D eigenvalue weighted by Gasteiger charge is -2.23. The molecule has 1 aromatic rings. The van der Waals surface area contributed by atoms with Crippen LogP contribution in [0.25, 0.3) is 0 Å². The molecule has 17 heavy (non-hydrogen) atoms. The molecule has 1 N–H and O–H groups in total. The lowest BCUT2D eigenvalue weighted by Crippen LogP contribution is -2.30. The van der Waals surface area contributed by atoms with E-state index in [0.717, 1.165) is 0 Å². The van der Waals surface area contributed by atoms with Crippen molar-refractivity contribution < 1.29 is 14.3 Å². The smallest absolute Gasteiger partial charge is 0.228 e. The Hall–Kier alpha value is -1.84. The van der Waals surface area contributed by atoms with Gasteiger partial charge in [0.25, 0.3) is 0 Å². The summed E-state index contributed by atoms with van der Waals surface area (Å²) < 4.78 is 5.75. The van der Waals surface area contributed by atoms with E-state index in [1.807, 2.05) is 13.8 Å². The minimum absolute atomic E-state index is 0.0365. The van der Waals surface area contributed by atoms with Crippen molar-refractivity contribution in [2.24, 2.45) is 0 Å². The standard InChI is InChI=1S/C13H15NO3/c1-8(15)9-4-5-11-10(6-9)14-12(16)7-13(2,3)17-11/h4-6H,7H2,1-3H3,(H,14,16). The normalized spacial score (nSPS) is 17.5. The first kappa shape index (κ1) is 11.6. The Morgan fingerprint density at radius 3 is 2.76 bits per heavy atom. The number of fused-ring (bicyclic) bond motifs is 1. The number of ether oxygens (including phenoxy) is 1. The van der Waals surface area contributed by atoms with Gasteiger partial charge < -0.3 is 10.1 Å². The van der Waals surface area contributed by atoms with Crippen molar-refractivity contribution in [3.8, 4) is 5.75 Å². The fourth-order valence-electron chi connectivity index (χ4n) is 1.85. The van der Waals surface area contributed by atoms with Gasteiger partial charge in [-0.05, 0) is 39.0 Å². The van der Waals surface area contributed by atoms with E-state index in [9.17, 15) is 9.59 Å². The molecule has 0 radical (unpaired) electrons. The zero-order chi connectivity index (χ0) is 12.6. The Balaban J connectivity index is 2.45. The third kappa shape index (κ3) is 2.46. The maximum absolute atomic E-state index is 11.7. The number of nitrogens with one attached hydrogen (secondary N) is 1. The molecule has 1 aromatic carbocycles. The van der Waals surface area contributed by atoms with Gasteiger partial charge in [0.05, 0.1) is 12.1 Å². The highest BCUT2D eigenvalue weighted by Crippen LogP contribution is 2.33. The molecule has 2 rings (SSSR count). The van der Waals surface area contributed by atoms with Crippen LogP contribution in [0.4, 0.5) is 5.69 Å². The molecule has 0 spiro atoms. The molecule has 1 heterocycles. The molecule has 0 aliphatic carbocycles. The van der Waals surface area contributed by atoms with E-state index < -0.39 is 5.60 Å². The van der Waals surface area contributed by atoms with Gasteiger partial charge in [-0.25, -0.2) is 0 Å². The number of amides is 1. The first-order valence-electron chi connectivity index (χ1n) is 5.51. The number of carbonyl (C=O) groups is 2. The Bertz CT molecular complexity index is 491. The predicted octanol–water partition coefficient (Wildman–Crippen LogP) is 2.39. The predicted molar refractivity (Wildman–Crippen MR) is 64.4 cm³/mol. The molecular formula is C13H15NO3. The van der Waals surface area contributed by atoms with E-state index in [4.69, 9.17) is 4.74 Å². The Morgan fingerprint density at radius 1 is 1.41 bits per heavy atom. The van der Waals surface area contributed by atoms with Crippen molar-refractivity contribution in [1.29, 1.82) is 0 Å². The van der Waals surface area contributed by atoms with Gasteiger partial charge in [0.2, 0.25) is 5.91 Å². The lowest BCUT2D eigenvalue weighted by molar-refractivity contribution is -0.118. The summed E-state index contributed by atoms with van der Waals surface area (Å²) in [4.78, 5) is 22.9. The fourth-order valence-corrected chi connectivity index (χ4v) is 1.85. The molecule has 0 atom stereocenters. The fraction of sp³-hybridized carbons (Fsp3) is 0.385. The number of ketones is 1. The number of carbonyl (C=O) groups excluding carboxylic acids is 2. The van der Waals surface area contributed by atoms with Crippen LogP contribution in [-0.4, -0.2) is 17.3 Å². The quantitative estimate of drug-likeness (QED) is 0.758. The second-order valence-corrected chi connectivity index (χ2v) is 4.85. The highest BCUT2D eigenvalue weighted by molar-refractivity contribution is 5.98. The Morgan fingerprint density at radius 2 is 2.12 bits per heavy atom. The first-order valence-corrected chi connectivity index (χ1v) is 5.51. The van der Waals surface area contributed by atoms with Gasteiger partial charge in [0.15, 0.2) is 5.78 Å². The molecule has 1 aliphatic heterocycles. The molecule has 0 bridgehead atoms. The van der Waals surface area contributed by atoms with Crippen LogP contribution < -0.4 is 10.1 Å². The van der Waals surface area contributed by atoms with Crippen molar-refractivity contribution in [2.45, 2.75) is 32.8 Å². The summed E-state index contributed by atoms with van der Waals surface area (Å²) in [6.45, 7) is 5.21. The van der Waals surface area contributed by atoms with Crippen molar-refractivity contribution in [1.82, 2.24) is 0 Å². The van der Waals surface area contributed by atoms with Gasteiger partial charge in [0, 0.05) is 5.56 Å². The highest BCUT2D eigenvalue weighted by atomic mass is 16.5. The van der Waals surface area contributed by atoms with Crippen LogP contribution in [-0.2, 0) is 4.79 Å². The topological polar surface area (TPSA) is 55.4 Å². The highest BCUT2D eigenvalue weighted by Gasteiger charge is 2.29. The van der Waals surface area contributed by atoms with Crippen molar-refractivity contribution in [2.75, 3.05) is 5.32 Å². The van der Waals surface area contributed by atoms with Gasteiger partial charge in [-0.1, -0.05) is 0 Å². The average molecular weight is 233 g/mol. The molecule has 0 fully saturated rings. The van der Waals surface area contributed by atoms with Gasteiger partial charge in [-0.2, -0.15) is 0 Å². The number of Topliss-reactive ketones (excluding diaryl/α,β-unsaturated/α-hetero) is 1. The molecule has 1 amide bonds. The van der Waals surface area contributed by atoms with Crippen molar-refractivity contribution in [3.63, 3.8) is 0 Å². The summed E-state index contributed by atoms with van der Waals surface area (Å²) in [5, 5.41) is 2.76. The summed E-state index contributed by atoms with van der Waals surface area (Å²) in [7, 11) is 0. The zero-order valence-corrected chi connectivity index (χ0v) is 10.2. The Labute approximate surface area is 100.0 Å². The maximum atomic E-state index is 11.7. The van der Waals surface area contributed by atoms with E-state index in [1.165, 1.54) is 6.92 Å². The largest absolute Gasteiger partial charge is 0.485 e. The monoisotopic (exact) mass is 233 g/mol. The van der Waals surface area contributed by atoms with E-state index in [2.05, 4.69) is 5.32 Å². The molecular weight excluding hydrogens is 218 g/mol. The third-order valence-electron chi connectivity index (χ3n) is 2.63. The van der Waals surface area contributed by atoms with Gasteiger partial charge in [-0.3, -0.25) is 9.59 Å². The van der Waals surface area contributed by atoms with E-state index in [-0.39, 0.29) is 18.1 Å². The van der Waals surface area contributed by atoms with Crippen LogP contribution in [0.1, 0.15) is 37.6 Å². The SMILES string of the molecule is CC(=O)c1ccc2c(c1)NC(=O)CC(C)(C)O2. The summed E-state index contributed by atoms with van der Waals surface area (Å²) in [6.07, 6.45) is 0.289. The minimum Gasteiger partial charge on any atom is -0.485 e. The Kier molecular flexibility index (Phi) is 2.65. The molecule has 0 saturated heterocycles. The van der Waals surface area contributed by atoms with E-state index in [0.29, 0.717) is 17.0 Å². The summed E-state index contributed by atoms with van der Waals surface area (Å²) >= 11 is 0. The van der Waals surface area contributed by atoms with Crippen LogP contribution in [0.2, 0.25) is 0 Å². The van der Waals surface area contributed by atoms with Crippen LogP contribution in [0.5, 0.6) is 5.75 Å². The second kappa shape index (κ2) is 3.87. The number of hydrogen-bond acceptors (Lipinski definition) is 3. The summed E-state index contributed by atoms with van der Waals surface area (Å²) in [6, 6.07) is 5.07. The number of anilines is 1. The van der Waals surface area contributed by atoms with Crippen molar-refractivity contribution >= 4 is 17.4 Å². The molecule has 0 unspecified atom stereocenters. The van der Waals surface area contributed by atoms with Crippen LogP contribution >= 0.6 is 0 Å². The molecule has 4 nitrogen and oxygen atoms in total. The van der Waals surface area contributed by atoms with Gasteiger partial charge >= 0.3 is 0 Å². The first-order chi connectivity index (χ1) is 7.87. The third-order valence-corrected chi connectivity index (χ3v) is 2.63. The zero-order valence-electron chi connectivity index (χ0n) is 10.2. The van der Waals surface area contributed by atoms with Crippen LogP contribution in [0.15, 0.2) is 18.2 Å². The minimum atomic E-state index is -0.535. The summed E-state index contributed by atoms with van der Waals surface area (Å²) in [5.74, 6) is 0.464. The number of hydrogen-bond donors (Lipinski definition) is 1. The van der Waals surface area contributed by atoms with Crippen LogP contribution in [0, 0.1) is 0 Å².